The summed E-state index contributed by atoms with van der Waals surface area (Å²) in [5.41, 5.74) is 5.31. The standard InChI is InChI=1S/C7H11ClN4OS/c8-7-12-11-6(14-7)5(13)10-4-2-1-3-9/h1-4,9H2,(H,10,13). The van der Waals surface area contributed by atoms with E-state index in [0.29, 0.717) is 18.1 Å². The summed E-state index contributed by atoms with van der Waals surface area (Å²) >= 11 is 6.60. The minimum atomic E-state index is -0.230. The van der Waals surface area contributed by atoms with Crippen molar-refractivity contribution in [1.29, 1.82) is 0 Å². The summed E-state index contributed by atoms with van der Waals surface area (Å²) in [6.07, 6.45) is 1.77. The number of unbranched alkanes of at least 4 members (excludes halogenated alkanes) is 1. The van der Waals surface area contributed by atoms with Crippen molar-refractivity contribution in [2.75, 3.05) is 13.1 Å². The molecular formula is C7H11ClN4OS. The van der Waals surface area contributed by atoms with E-state index < -0.39 is 0 Å². The molecule has 14 heavy (non-hydrogen) atoms. The van der Waals surface area contributed by atoms with Crippen LogP contribution in [0.3, 0.4) is 0 Å². The predicted molar refractivity (Wildman–Crippen MR) is 55.5 cm³/mol. The molecule has 1 aromatic heterocycles. The molecule has 1 rings (SSSR count). The maximum atomic E-state index is 11.3. The average molecular weight is 235 g/mol. The number of aromatic nitrogens is 2. The molecular weight excluding hydrogens is 224 g/mol. The van der Waals surface area contributed by atoms with E-state index in [1.807, 2.05) is 0 Å². The van der Waals surface area contributed by atoms with Crippen molar-refractivity contribution in [3.63, 3.8) is 0 Å². The summed E-state index contributed by atoms with van der Waals surface area (Å²) in [5, 5.41) is 10.1. The number of hydrogen-bond acceptors (Lipinski definition) is 5. The number of hydrogen-bond donors (Lipinski definition) is 2. The van der Waals surface area contributed by atoms with Crippen LogP contribution in [0.4, 0.5) is 0 Å². The molecule has 0 fully saturated rings. The molecule has 0 aliphatic heterocycles. The van der Waals surface area contributed by atoms with Gasteiger partial charge in [0.15, 0.2) is 0 Å². The number of carbonyl (C=O) groups excluding carboxylic acids is 1. The lowest BCUT2D eigenvalue weighted by Crippen LogP contribution is -2.24. The van der Waals surface area contributed by atoms with Crippen molar-refractivity contribution in [3.05, 3.63) is 9.47 Å². The van der Waals surface area contributed by atoms with Gasteiger partial charge in [-0.25, -0.2) is 0 Å². The average Bonchev–Trinajstić information content (AvgIpc) is 2.59. The van der Waals surface area contributed by atoms with Gasteiger partial charge in [-0.05, 0) is 31.0 Å². The van der Waals surface area contributed by atoms with E-state index in [0.717, 1.165) is 24.2 Å². The molecule has 0 radical (unpaired) electrons. The molecule has 0 aromatic carbocycles. The normalized spacial score (nSPS) is 10.1. The monoisotopic (exact) mass is 234 g/mol. The molecule has 0 saturated carbocycles. The van der Waals surface area contributed by atoms with E-state index in [4.69, 9.17) is 17.3 Å². The van der Waals surface area contributed by atoms with Crippen LogP contribution >= 0.6 is 22.9 Å². The zero-order valence-corrected chi connectivity index (χ0v) is 9.07. The molecule has 3 N–H and O–H groups in total. The highest BCUT2D eigenvalue weighted by atomic mass is 35.5. The Morgan fingerprint density at radius 1 is 1.50 bits per heavy atom. The van der Waals surface area contributed by atoms with E-state index in [9.17, 15) is 4.79 Å². The van der Waals surface area contributed by atoms with Gasteiger partial charge in [0.2, 0.25) is 9.47 Å². The van der Waals surface area contributed by atoms with Gasteiger partial charge < -0.3 is 11.1 Å². The first-order chi connectivity index (χ1) is 6.74. The Hall–Kier alpha value is -0.720. The van der Waals surface area contributed by atoms with Gasteiger partial charge in [0.25, 0.3) is 5.91 Å². The third-order valence-electron chi connectivity index (χ3n) is 1.51. The number of amides is 1. The number of nitrogens with zero attached hydrogens (tertiary/aromatic N) is 2. The quantitative estimate of drug-likeness (QED) is 0.734. The molecule has 7 heteroatoms. The molecule has 0 bridgehead atoms. The topological polar surface area (TPSA) is 80.9 Å². The minimum Gasteiger partial charge on any atom is -0.350 e. The van der Waals surface area contributed by atoms with Crippen LogP contribution in [-0.2, 0) is 0 Å². The maximum absolute atomic E-state index is 11.3. The molecule has 1 amide bonds. The SMILES string of the molecule is NCCCCNC(=O)c1nnc(Cl)s1. The van der Waals surface area contributed by atoms with Crippen molar-refractivity contribution in [1.82, 2.24) is 15.5 Å². The number of nitrogens with one attached hydrogen (secondary N) is 1. The van der Waals surface area contributed by atoms with E-state index in [-0.39, 0.29) is 10.4 Å². The fourth-order valence-corrected chi connectivity index (χ4v) is 1.59. The van der Waals surface area contributed by atoms with Crippen LogP contribution in [0.1, 0.15) is 22.6 Å². The molecule has 0 aliphatic carbocycles. The van der Waals surface area contributed by atoms with Crippen LogP contribution in [0.25, 0.3) is 0 Å². The van der Waals surface area contributed by atoms with Gasteiger partial charge >= 0.3 is 0 Å². The third-order valence-corrected chi connectivity index (χ3v) is 2.53. The van der Waals surface area contributed by atoms with Crippen LogP contribution in [-0.4, -0.2) is 29.2 Å². The van der Waals surface area contributed by atoms with Gasteiger partial charge in [-0.1, -0.05) is 11.3 Å². The highest BCUT2D eigenvalue weighted by Gasteiger charge is 2.10. The second-order valence-corrected chi connectivity index (χ2v) is 4.17. The first-order valence-electron chi connectivity index (χ1n) is 4.21. The molecule has 0 unspecified atom stereocenters. The van der Waals surface area contributed by atoms with Gasteiger partial charge in [-0.3, -0.25) is 4.79 Å². The first-order valence-corrected chi connectivity index (χ1v) is 5.40. The number of nitrogens with two attached hydrogens (primary N) is 1. The highest BCUT2D eigenvalue weighted by Crippen LogP contribution is 2.14. The molecule has 5 nitrogen and oxygen atoms in total. The highest BCUT2D eigenvalue weighted by molar-refractivity contribution is 7.17. The van der Waals surface area contributed by atoms with Gasteiger partial charge in [0, 0.05) is 6.54 Å². The summed E-state index contributed by atoms with van der Waals surface area (Å²) in [4.78, 5) is 11.3. The summed E-state index contributed by atoms with van der Waals surface area (Å²) in [6.45, 7) is 1.24. The zero-order chi connectivity index (χ0) is 10.4. The van der Waals surface area contributed by atoms with Crippen LogP contribution < -0.4 is 11.1 Å². The van der Waals surface area contributed by atoms with E-state index in [2.05, 4.69) is 15.5 Å². The fourth-order valence-electron chi connectivity index (χ4n) is 0.844. The maximum Gasteiger partial charge on any atom is 0.282 e. The van der Waals surface area contributed by atoms with Crippen LogP contribution in [0.5, 0.6) is 0 Å². The number of rotatable bonds is 5. The summed E-state index contributed by atoms with van der Waals surface area (Å²) in [5.74, 6) is -0.230. The second-order valence-electron chi connectivity index (χ2n) is 2.61. The van der Waals surface area contributed by atoms with Crippen molar-refractivity contribution in [2.45, 2.75) is 12.8 Å². The van der Waals surface area contributed by atoms with Gasteiger partial charge in [-0.15, -0.1) is 10.2 Å². The smallest absolute Gasteiger partial charge is 0.282 e. The third kappa shape index (κ3) is 3.57. The Balaban J connectivity index is 2.29. The van der Waals surface area contributed by atoms with E-state index >= 15 is 0 Å². The fraction of sp³-hybridized carbons (Fsp3) is 0.571. The van der Waals surface area contributed by atoms with Crippen LogP contribution in [0, 0.1) is 0 Å². The van der Waals surface area contributed by atoms with Crippen LogP contribution in [0.2, 0.25) is 4.47 Å². The molecule has 0 spiro atoms. The predicted octanol–water partition coefficient (Wildman–Crippen LogP) is 0.660. The van der Waals surface area contributed by atoms with E-state index in [1.54, 1.807) is 0 Å². The molecule has 0 atom stereocenters. The van der Waals surface area contributed by atoms with Crippen molar-refractivity contribution in [2.24, 2.45) is 5.73 Å². The lowest BCUT2D eigenvalue weighted by Gasteiger charge is -2.00. The van der Waals surface area contributed by atoms with Crippen LogP contribution in [0.15, 0.2) is 0 Å². The van der Waals surface area contributed by atoms with Gasteiger partial charge in [-0.2, -0.15) is 0 Å². The Labute approximate surface area is 90.7 Å². The summed E-state index contributed by atoms with van der Waals surface area (Å²) in [6, 6.07) is 0. The van der Waals surface area contributed by atoms with Gasteiger partial charge in [0.05, 0.1) is 0 Å². The molecule has 0 saturated heterocycles. The Bertz CT molecular complexity index is 304. The molecule has 1 heterocycles. The molecule has 0 aliphatic rings. The van der Waals surface area contributed by atoms with Crippen molar-refractivity contribution >= 4 is 28.8 Å². The first kappa shape index (κ1) is 11.4. The van der Waals surface area contributed by atoms with Crippen molar-refractivity contribution < 1.29 is 4.79 Å². The number of carbonyl (C=O) groups is 1. The second kappa shape index (κ2) is 5.90. The minimum absolute atomic E-state index is 0.230. The molecule has 1 aromatic rings. The largest absolute Gasteiger partial charge is 0.350 e. The Kier molecular flexibility index (Phi) is 4.78. The van der Waals surface area contributed by atoms with Crippen molar-refractivity contribution in [3.8, 4) is 0 Å². The summed E-state index contributed by atoms with van der Waals surface area (Å²) < 4.78 is 0.275. The lowest BCUT2D eigenvalue weighted by molar-refractivity contribution is 0.0952. The van der Waals surface area contributed by atoms with Gasteiger partial charge in [0.1, 0.15) is 0 Å². The number of halogens is 1. The Morgan fingerprint density at radius 2 is 2.29 bits per heavy atom. The van der Waals surface area contributed by atoms with E-state index in [1.165, 1.54) is 0 Å². The lowest BCUT2D eigenvalue weighted by atomic mass is 10.3. The Morgan fingerprint density at radius 3 is 2.86 bits per heavy atom. The zero-order valence-electron chi connectivity index (χ0n) is 7.49. The molecule has 78 valence electrons. The summed E-state index contributed by atoms with van der Waals surface area (Å²) in [7, 11) is 0.